The van der Waals surface area contributed by atoms with Gasteiger partial charge in [0.2, 0.25) is 0 Å². The molecule has 0 heterocycles. The summed E-state index contributed by atoms with van der Waals surface area (Å²) in [5.41, 5.74) is 5.29. The van der Waals surface area contributed by atoms with Crippen molar-refractivity contribution in [2.24, 2.45) is 5.73 Å². The lowest BCUT2D eigenvalue weighted by Gasteiger charge is -2.12. The Hall–Kier alpha value is -0.0800. The SMILES string of the molecule is CC.CCC(N)CC1(O)CC1. The van der Waals surface area contributed by atoms with Crippen LogP contribution in [0.4, 0.5) is 0 Å². The minimum atomic E-state index is -0.352. The normalized spacial score (nSPS) is 21.5. The molecule has 1 fully saturated rings. The molecule has 0 amide bonds. The van der Waals surface area contributed by atoms with Crippen molar-refractivity contribution in [3.05, 3.63) is 0 Å². The highest BCUT2D eigenvalue weighted by molar-refractivity contribution is 4.95. The van der Waals surface area contributed by atoms with Crippen LogP contribution in [0.15, 0.2) is 0 Å². The van der Waals surface area contributed by atoms with E-state index in [4.69, 9.17) is 5.73 Å². The summed E-state index contributed by atoms with van der Waals surface area (Å²) in [7, 11) is 0. The maximum Gasteiger partial charge on any atom is 0.0664 e. The number of rotatable bonds is 3. The van der Waals surface area contributed by atoms with Crippen LogP contribution in [0.5, 0.6) is 0 Å². The van der Waals surface area contributed by atoms with Gasteiger partial charge in [-0.15, -0.1) is 0 Å². The lowest BCUT2D eigenvalue weighted by molar-refractivity contribution is 0.130. The molecule has 0 aromatic carbocycles. The fourth-order valence-corrected chi connectivity index (χ4v) is 0.981. The number of hydrogen-bond acceptors (Lipinski definition) is 2. The van der Waals surface area contributed by atoms with Crippen LogP contribution in [0.3, 0.4) is 0 Å². The molecule has 11 heavy (non-hydrogen) atoms. The highest BCUT2D eigenvalue weighted by atomic mass is 16.3. The van der Waals surface area contributed by atoms with Gasteiger partial charge in [-0.05, 0) is 25.7 Å². The average molecular weight is 159 g/mol. The lowest BCUT2D eigenvalue weighted by Crippen LogP contribution is -2.26. The molecule has 1 saturated carbocycles. The van der Waals surface area contributed by atoms with Crippen LogP contribution in [0, 0.1) is 0 Å². The highest BCUT2D eigenvalue weighted by Gasteiger charge is 2.40. The van der Waals surface area contributed by atoms with E-state index < -0.39 is 0 Å². The first-order chi connectivity index (χ1) is 5.16. The quantitative estimate of drug-likeness (QED) is 0.658. The molecule has 1 aliphatic carbocycles. The fourth-order valence-electron chi connectivity index (χ4n) is 0.981. The van der Waals surface area contributed by atoms with Gasteiger partial charge in [-0.2, -0.15) is 0 Å². The molecule has 0 aromatic rings. The summed E-state index contributed by atoms with van der Waals surface area (Å²) in [6.45, 7) is 6.05. The summed E-state index contributed by atoms with van der Waals surface area (Å²) in [5, 5.41) is 9.35. The van der Waals surface area contributed by atoms with Crippen molar-refractivity contribution in [3.8, 4) is 0 Å². The molecule has 0 saturated heterocycles. The van der Waals surface area contributed by atoms with Crippen molar-refractivity contribution in [2.75, 3.05) is 0 Å². The summed E-state index contributed by atoms with van der Waals surface area (Å²) in [6, 6.07) is 0.206. The van der Waals surface area contributed by atoms with Gasteiger partial charge in [0.25, 0.3) is 0 Å². The van der Waals surface area contributed by atoms with E-state index >= 15 is 0 Å². The Balaban J connectivity index is 0.000000461. The molecule has 3 N–H and O–H groups in total. The van der Waals surface area contributed by atoms with Gasteiger partial charge in [-0.1, -0.05) is 20.8 Å². The van der Waals surface area contributed by atoms with Crippen molar-refractivity contribution < 1.29 is 5.11 Å². The molecule has 0 aromatic heterocycles. The second-order valence-corrected chi connectivity index (χ2v) is 3.10. The molecule has 1 unspecified atom stereocenters. The Kier molecular flexibility index (Phi) is 4.69. The molecule has 2 nitrogen and oxygen atoms in total. The number of nitrogens with two attached hydrogens (primary N) is 1. The average Bonchev–Trinajstić information content (AvgIpc) is 2.72. The molecule has 2 heteroatoms. The molecule has 0 spiro atoms. The Bertz CT molecular complexity index is 99.7. The van der Waals surface area contributed by atoms with E-state index in [-0.39, 0.29) is 11.6 Å². The summed E-state index contributed by atoms with van der Waals surface area (Å²) < 4.78 is 0. The van der Waals surface area contributed by atoms with E-state index in [1.807, 2.05) is 13.8 Å². The fraction of sp³-hybridized carbons (Fsp3) is 1.00. The predicted molar refractivity (Wildman–Crippen MR) is 48.4 cm³/mol. The van der Waals surface area contributed by atoms with E-state index in [2.05, 4.69) is 6.92 Å². The minimum absolute atomic E-state index is 0.206. The highest BCUT2D eigenvalue weighted by Crippen LogP contribution is 2.39. The van der Waals surface area contributed by atoms with Crippen molar-refractivity contribution in [2.45, 2.75) is 58.1 Å². The van der Waals surface area contributed by atoms with Crippen LogP contribution in [-0.4, -0.2) is 16.7 Å². The number of hydrogen-bond donors (Lipinski definition) is 2. The molecule has 0 radical (unpaired) electrons. The molecule has 1 atom stereocenters. The Morgan fingerprint density at radius 3 is 2.18 bits per heavy atom. The van der Waals surface area contributed by atoms with Crippen molar-refractivity contribution in [1.82, 2.24) is 0 Å². The lowest BCUT2D eigenvalue weighted by atomic mass is 10.1. The van der Waals surface area contributed by atoms with E-state index in [1.165, 1.54) is 0 Å². The van der Waals surface area contributed by atoms with Crippen LogP contribution in [0.1, 0.15) is 46.5 Å². The Morgan fingerprint density at radius 1 is 1.45 bits per heavy atom. The van der Waals surface area contributed by atoms with Gasteiger partial charge in [-0.25, -0.2) is 0 Å². The summed E-state index contributed by atoms with van der Waals surface area (Å²) in [6.07, 6.45) is 3.69. The third-order valence-electron chi connectivity index (χ3n) is 1.99. The van der Waals surface area contributed by atoms with Crippen LogP contribution in [0.25, 0.3) is 0 Å². The van der Waals surface area contributed by atoms with Crippen LogP contribution in [0.2, 0.25) is 0 Å². The first-order valence-corrected chi connectivity index (χ1v) is 4.64. The van der Waals surface area contributed by atoms with Gasteiger partial charge >= 0.3 is 0 Å². The zero-order chi connectivity index (χ0) is 8.91. The van der Waals surface area contributed by atoms with Gasteiger partial charge in [0.1, 0.15) is 0 Å². The van der Waals surface area contributed by atoms with Crippen molar-refractivity contribution in [1.29, 1.82) is 0 Å². The van der Waals surface area contributed by atoms with Crippen LogP contribution >= 0.6 is 0 Å². The molecular weight excluding hydrogens is 138 g/mol. The zero-order valence-electron chi connectivity index (χ0n) is 7.93. The number of aliphatic hydroxyl groups is 1. The zero-order valence-corrected chi connectivity index (χ0v) is 7.93. The van der Waals surface area contributed by atoms with Crippen molar-refractivity contribution >= 4 is 0 Å². The predicted octanol–water partition coefficient (Wildman–Crippen LogP) is 1.66. The molecule has 0 aliphatic heterocycles. The second-order valence-electron chi connectivity index (χ2n) is 3.10. The maximum atomic E-state index is 9.35. The van der Waals surface area contributed by atoms with Gasteiger partial charge in [-0.3, -0.25) is 0 Å². The van der Waals surface area contributed by atoms with Crippen molar-refractivity contribution in [3.63, 3.8) is 0 Å². The summed E-state index contributed by atoms with van der Waals surface area (Å²) >= 11 is 0. The first kappa shape index (κ1) is 10.9. The molecule has 0 bridgehead atoms. The van der Waals surface area contributed by atoms with E-state index in [9.17, 15) is 5.11 Å². The topological polar surface area (TPSA) is 46.2 Å². The largest absolute Gasteiger partial charge is 0.390 e. The van der Waals surface area contributed by atoms with Gasteiger partial charge in [0.15, 0.2) is 0 Å². The Labute approximate surface area is 69.8 Å². The second kappa shape index (κ2) is 4.73. The van der Waals surface area contributed by atoms with E-state index in [1.54, 1.807) is 0 Å². The Morgan fingerprint density at radius 2 is 1.91 bits per heavy atom. The standard InChI is InChI=1S/C7H15NO.C2H6/c1-2-6(8)5-7(9)3-4-7;1-2/h6,9H,2-5,8H2,1H3;1-2H3. The minimum Gasteiger partial charge on any atom is -0.390 e. The van der Waals surface area contributed by atoms with Crippen LogP contribution in [-0.2, 0) is 0 Å². The molecule has 68 valence electrons. The molecular formula is C9H21NO. The monoisotopic (exact) mass is 159 g/mol. The summed E-state index contributed by atoms with van der Waals surface area (Å²) in [4.78, 5) is 0. The van der Waals surface area contributed by atoms with Gasteiger partial charge < -0.3 is 10.8 Å². The third-order valence-corrected chi connectivity index (χ3v) is 1.99. The van der Waals surface area contributed by atoms with Gasteiger partial charge in [0.05, 0.1) is 5.60 Å². The summed E-state index contributed by atoms with van der Waals surface area (Å²) in [5.74, 6) is 0. The maximum absolute atomic E-state index is 9.35. The van der Waals surface area contributed by atoms with E-state index in [0.29, 0.717) is 0 Å². The third kappa shape index (κ3) is 4.38. The molecule has 1 aliphatic rings. The first-order valence-electron chi connectivity index (χ1n) is 4.64. The smallest absolute Gasteiger partial charge is 0.0664 e. The molecule has 1 rings (SSSR count). The van der Waals surface area contributed by atoms with Gasteiger partial charge in [0, 0.05) is 6.04 Å². The van der Waals surface area contributed by atoms with Crippen LogP contribution < -0.4 is 5.73 Å². The van der Waals surface area contributed by atoms with E-state index in [0.717, 1.165) is 25.7 Å².